The van der Waals surface area contributed by atoms with Gasteiger partial charge in [0.15, 0.2) is 0 Å². The van der Waals surface area contributed by atoms with Crippen molar-refractivity contribution in [1.82, 2.24) is 0 Å². The Labute approximate surface area is 75.3 Å². The van der Waals surface area contributed by atoms with Crippen molar-refractivity contribution in [2.75, 3.05) is 0 Å². The molecule has 0 aliphatic heterocycles. The molecule has 0 saturated heterocycles. The van der Waals surface area contributed by atoms with Gasteiger partial charge in [0.2, 0.25) is 0 Å². The Kier molecular flexibility index (Phi) is 4.25. The lowest BCUT2D eigenvalue weighted by atomic mass is 10.8. The van der Waals surface area contributed by atoms with Crippen LogP contribution in [0.5, 0.6) is 0 Å². The van der Waals surface area contributed by atoms with Crippen molar-refractivity contribution in [3.63, 3.8) is 0 Å². The predicted molar refractivity (Wildman–Crippen MR) is 54.6 cm³/mol. The third-order valence-electron chi connectivity index (χ3n) is 1.30. The smallest absolute Gasteiger partial charge is 0.141 e. The summed E-state index contributed by atoms with van der Waals surface area (Å²) >= 11 is 11.7. The third kappa shape index (κ3) is 3.24. The summed E-state index contributed by atoms with van der Waals surface area (Å²) in [5, 5.41) is 0. The lowest BCUT2D eigenvalue weighted by molar-refractivity contribution is 1.66. The molecule has 0 aliphatic rings. The first kappa shape index (κ1) is 10.8. The second-order valence-electron chi connectivity index (χ2n) is 3.21. The maximum absolute atomic E-state index is 5.86. The van der Waals surface area contributed by atoms with Gasteiger partial charge in [-0.2, -0.15) is 0 Å². The molecular formula is C6H13Cl2Si2. The highest BCUT2D eigenvalue weighted by molar-refractivity contribution is 7.41. The van der Waals surface area contributed by atoms with E-state index in [1.807, 2.05) is 6.92 Å². The molecule has 0 atom stereocenters. The van der Waals surface area contributed by atoms with Crippen LogP contribution < -0.4 is 0 Å². The maximum atomic E-state index is 5.86. The Balaban J connectivity index is 4.40. The van der Waals surface area contributed by atoms with E-state index in [1.54, 1.807) is 0 Å². The van der Waals surface area contributed by atoms with E-state index < -0.39 is 15.5 Å². The van der Waals surface area contributed by atoms with Gasteiger partial charge < -0.3 is 0 Å². The zero-order valence-electron chi connectivity index (χ0n) is 6.83. The van der Waals surface area contributed by atoms with Gasteiger partial charge >= 0.3 is 0 Å². The van der Waals surface area contributed by atoms with Crippen LogP contribution in [0.3, 0.4) is 0 Å². The molecular weight excluding hydrogens is 199 g/mol. The lowest BCUT2D eigenvalue weighted by Crippen LogP contribution is -2.29. The molecule has 0 aromatic heterocycles. The Morgan fingerprint density at radius 2 is 1.70 bits per heavy atom. The van der Waals surface area contributed by atoms with E-state index in [0.717, 1.165) is 0 Å². The fourth-order valence-corrected chi connectivity index (χ4v) is 9.93. The molecule has 0 fully saturated rings. The van der Waals surface area contributed by atoms with Gasteiger partial charge in [0.05, 0.1) is 8.07 Å². The molecule has 0 aromatic rings. The van der Waals surface area contributed by atoms with Gasteiger partial charge in [-0.3, -0.25) is 0 Å². The molecule has 0 aliphatic carbocycles. The van der Waals surface area contributed by atoms with Gasteiger partial charge in [-0.05, 0) is 6.92 Å². The molecule has 0 spiro atoms. The van der Waals surface area contributed by atoms with Gasteiger partial charge in [-0.25, -0.2) is 0 Å². The third-order valence-corrected chi connectivity index (χ3v) is 9.07. The van der Waals surface area contributed by atoms with Crippen molar-refractivity contribution in [1.29, 1.82) is 0 Å². The topological polar surface area (TPSA) is 0 Å². The number of halogens is 2. The average Bonchev–Trinajstić information content (AvgIpc) is 1.60. The van der Waals surface area contributed by atoms with Crippen molar-refractivity contribution in [3.05, 3.63) is 10.9 Å². The Morgan fingerprint density at radius 3 is 1.70 bits per heavy atom. The highest BCUT2D eigenvalue weighted by Crippen LogP contribution is 2.21. The van der Waals surface area contributed by atoms with Crippen LogP contribution >= 0.6 is 22.2 Å². The lowest BCUT2D eigenvalue weighted by Gasteiger charge is -2.19. The predicted octanol–water partition coefficient (Wildman–Crippen LogP) is 3.32. The fourth-order valence-electron chi connectivity index (χ4n) is 0.826. The second-order valence-corrected chi connectivity index (χ2v) is 12.7. The van der Waals surface area contributed by atoms with Crippen molar-refractivity contribution in [2.24, 2.45) is 0 Å². The van der Waals surface area contributed by atoms with E-state index in [0.29, 0.717) is 0 Å². The van der Waals surface area contributed by atoms with Crippen LogP contribution in [0.15, 0.2) is 10.9 Å². The number of hydrogen-bond acceptors (Lipinski definition) is 0. The van der Waals surface area contributed by atoms with E-state index in [-0.39, 0.29) is 0 Å². The molecule has 0 amide bonds. The van der Waals surface area contributed by atoms with E-state index >= 15 is 0 Å². The summed E-state index contributed by atoms with van der Waals surface area (Å²) < 4.78 is 0. The SMILES string of the molecule is CC=C([Si](Cl)Cl)[Si](C)(C)C. The molecule has 0 nitrogen and oxygen atoms in total. The molecule has 59 valence electrons. The number of hydrogen-bond donors (Lipinski definition) is 0. The molecule has 0 N–H and O–H groups in total. The maximum Gasteiger partial charge on any atom is 0.298 e. The molecule has 0 rings (SSSR count). The van der Waals surface area contributed by atoms with E-state index in [9.17, 15) is 0 Å². The first-order chi connectivity index (χ1) is 4.39. The summed E-state index contributed by atoms with van der Waals surface area (Å²) in [7, 11) is -2.42. The minimum Gasteiger partial charge on any atom is -0.141 e. The number of rotatable bonds is 2. The van der Waals surface area contributed by atoms with Crippen LogP contribution in [0.25, 0.3) is 0 Å². The van der Waals surface area contributed by atoms with Crippen molar-refractivity contribution < 1.29 is 0 Å². The van der Waals surface area contributed by atoms with Crippen molar-refractivity contribution in [2.45, 2.75) is 26.6 Å². The Morgan fingerprint density at radius 1 is 1.30 bits per heavy atom. The molecule has 0 unspecified atom stereocenters. The van der Waals surface area contributed by atoms with Crippen LogP contribution in [0.2, 0.25) is 19.6 Å². The summed E-state index contributed by atoms with van der Waals surface area (Å²) in [6, 6.07) is 0. The zero-order valence-corrected chi connectivity index (χ0v) is 10.3. The first-order valence-corrected chi connectivity index (χ1v) is 10.3. The average molecular weight is 212 g/mol. The van der Waals surface area contributed by atoms with Gasteiger partial charge in [-0.1, -0.05) is 30.5 Å². The molecule has 1 radical (unpaired) electrons. The van der Waals surface area contributed by atoms with E-state index in [1.165, 1.54) is 4.82 Å². The zero-order chi connectivity index (χ0) is 8.36. The highest BCUT2D eigenvalue weighted by atomic mass is 35.7. The Hall–Kier alpha value is 0.754. The van der Waals surface area contributed by atoms with Gasteiger partial charge in [0, 0.05) is 0 Å². The summed E-state index contributed by atoms with van der Waals surface area (Å²) in [6.45, 7) is 8.80. The minimum atomic E-state index is -1.21. The second kappa shape index (κ2) is 3.95. The summed E-state index contributed by atoms with van der Waals surface area (Å²) in [5.41, 5.74) is 0. The number of allylic oxidation sites excluding steroid dienone is 1. The van der Waals surface area contributed by atoms with E-state index in [4.69, 9.17) is 22.2 Å². The van der Waals surface area contributed by atoms with Crippen LogP contribution in [-0.2, 0) is 0 Å². The highest BCUT2D eigenvalue weighted by Gasteiger charge is 2.25. The largest absolute Gasteiger partial charge is 0.298 e. The standard InChI is InChI=1S/C6H13Cl2Si2/c1-5-6(9(7)8)10(2,3)4/h5H,1-4H3. The summed E-state index contributed by atoms with van der Waals surface area (Å²) in [6.07, 6.45) is 2.08. The molecule has 0 heterocycles. The molecule has 0 bridgehead atoms. The van der Waals surface area contributed by atoms with Gasteiger partial charge in [0.1, 0.15) is 0 Å². The Bertz CT molecular complexity index is 135. The molecule has 0 saturated carbocycles. The molecule has 4 heteroatoms. The summed E-state index contributed by atoms with van der Waals surface area (Å²) in [5.74, 6) is 0. The van der Waals surface area contributed by atoms with Crippen molar-refractivity contribution in [3.8, 4) is 0 Å². The van der Waals surface area contributed by atoms with Gasteiger partial charge in [-0.15, -0.1) is 22.2 Å². The van der Waals surface area contributed by atoms with Crippen LogP contribution in [0.4, 0.5) is 0 Å². The normalized spacial score (nSPS) is 14.5. The fraction of sp³-hybridized carbons (Fsp3) is 0.667. The van der Waals surface area contributed by atoms with Crippen LogP contribution in [0.1, 0.15) is 6.92 Å². The van der Waals surface area contributed by atoms with Gasteiger partial charge in [0.25, 0.3) is 7.42 Å². The van der Waals surface area contributed by atoms with Crippen LogP contribution in [0, 0.1) is 0 Å². The minimum absolute atomic E-state index is 1.21. The summed E-state index contributed by atoms with van der Waals surface area (Å²) in [4.78, 5) is 1.32. The molecule has 0 aromatic carbocycles. The van der Waals surface area contributed by atoms with E-state index in [2.05, 4.69) is 25.7 Å². The monoisotopic (exact) mass is 211 g/mol. The van der Waals surface area contributed by atoms with Crippen molar-refractivity contribution >= 4 is 37.6 Å². The van der Waals surface area contributed by atoms with Crippen LogP contribution in [-0.4, -0.2) is 15.5 Å². The quantitative estimate of drug-likeness (QED) is 0.486. The first-order valence-electron chi connectivity index (χ1n) is 3.24. The molecule has 10 heavy (non-hydrogen) atoms.